The highest BCUT2D eigenvalue weighted by molar-refractivity contribution is 6.02. The lowest BCUT2D eigenvalue weighted by Gasteiger charge is -2.45. The maximum atomic E-state index is 14.8. The van der Waals surface area contributed by atoms with Crippen molar-refractivity contribution in [3.63, 3.8) is 0 Å². The van der Waals surface area contributed by atoms with E-state index in [4.69, 9.17) is 0 Å². The van der Waals surface area contributed by atoms with E-state index in [0.29, 0.717) is 36.9 Å². The van der Waals surface area contributed by atoms with Gasteiger partial charge in [0.05, 0.1) is 11.1 Å². The summed E-state index contributed by atoms with van der Waals surface area (Å²) in [7, 11) is 0. The van der Waals surface area contributed by atoms with Crippen molar-refractivity contribution in [2.24, 2.45) is 5.41 Å². The molecule has 1 fully saturated rings. The number of alkyl halides is 2. The van der Waals surface area contributed by atoms with Gasteiger partial charge in [0.2, 0.25) is 5.92 Å². The fraction of sp³-hybridized carbons (Fsp3) is 0.520. The van der Waals surface area contributed by atoms with Crippen LogP contribution < -0.4 is 0 Å². The van der Waals surface area contributed by atoms with Crippen LogP contribution in [0, 0.1) is 11.2 Å². The molecule has 1 aromatic heterocycles. The standard InChI is InChI=1S/C25H25F3N2O/c1-23(2)9-13-8-18-21(22(30-29-18)14-10-24(27,28)11-14)25(20(13)19(31)12-23)7-6-15-16(25)4-3-5-17(15)26/h3-5,14H,6-12H2,1-2H3,(H,29,30). The summed E-state index contributed by atoms with van der Waals surface area (Å²) in [6, 6.07) is 5.08. The Bertz CT molecular complexity index is 1170. The van der Waals surface area contributed by atoms with Crippen molar-refractivity contribution in [1.29, 1.82) is 0 Å². The minimum absolute atomic E-state index is 0.111. The fourth-order valence-electron chi connectivity index (χ4n) is 6.81. The predicted octanol–water partition coefficient (Wildman–Crippen LogP) is 5.54. The van der Waals surface area contributed by atoms with E-state index in [1.54, 1.807) is 6.07 Å². The summed E-state index contributed by atoms with van der Waals surface area (Å²) in [5, 5.41) is 7.67. The number of aromatic nitrogens is 2. The molecule has 1 unspecified atom stereocenters. The first kappa shape index (κ1) is 19.3. The van der Waals surface area contributed by atoms with Gasteiger partial charge in [-0.2, -0.15) is 5.10 Å². The monoisotopic (exact) mass is 426 g/mol. The van der Waals surface area contributed by atoms with Crippen LogP contribution in [0.5, 0.6) is 0 Å². The first-order chi connectivity index (χ1) is 14.6. The van der Waals surface area contributed by atoms with Gasteiger partial charge in [-0.15, -0.1) is 0 Å². The van der Waals surface area contributed by atoms with E-state index in [0.717, 1.165) is 34.4 Å². The van der Waals surface area contributed by atoms with E-state index in [1.807, 2.05) is 6.07 Å². The molecule has 1 N–H and O–H groups in total. The number of aromatic amines is 1. The van der Waals surface area contributed by atoms with Crippen LogP contribution in [0.4, 0.5) is 13.2 Å². The number of allylic oxidation sites excluding steroid dienone is 2. The van der Waals surface area contributed by atoms with Gasteiger partial charge >= 0.3 is 0 Å². The third-order valence-corrected chi connectivity index (χ3v) is 7.88. The number of H-pyrrole nitrogens is 1. The van der Waals surface area contributed by atoms with Crippen molar-refractivity contribution in [2.75, 3.05) is 0 Å². The highest BCUT2D eigenvalue weighted by Gasteiger charge is 2.57. The zero-order chi connectivity index (χ0) is 21.8. The minimum Gasteiger partial charge on any atom is -0.294 e. The largest absolute Gasteiger partial charge is 0.294 e. The summed E-state index contributed by atoms with van der Waals surface area (Å²) in [6.07, 6.45) is 2.50. The quantitative estimate of drug-likeness (QED) is 0.651. The van der Waals surface area contributed by atoms with Gasteiger partial charge in [-0.05, 0) is 41.9 Å². The van der Waals surface area contributed by atoms with E-state index in [9.17, 15) is 18.0 Å². The van der Waals surface area contributed by atoms with Gasteiger partial charge in [-0.1, -0.05) is 31.6 Å². The molecule has 0 radical (unpaired) electrons. The third-order valence-electron chi connectivity index (χ3n) is 7.88. The number of halogens is 3. The van der Waals surface area contributed by atoms with Crippen molar-refractivity contribution >= 4 is 5.78 Å². The Kier molecular flexibility index (Phi) is 3.68. The van der Waals surface area contributed by atoms with E-state index < -0.39 is 11.3 Å². The molecule has 1 heterocycles. The van der Waals surface area contributed by atoms with E-state index in [-0.39, 0.29) is 35.8 Å². The number of carbonyl (C=O) groups is 1. The Morgan fingerprint density at radius 2 is 1.94 bits per heavy atom. The minimum atomic E-state index is -2.66. The molecule has 0 bridgehead atoms. The summed E-state index contributed by atoms with van der Waals surface area (Å²) >= 11 is 0. The lowest BCUT2D eigenvalue weighted by molar-refractivity contribution is -0.118. The van der Waals surface area contributed by atoms with Crippen LogP contribution in [0.2, 0.25) is 0 Å². The fourth-order valence-corrected chi connectivity index (χ4v) is 6.81. The summed E-state index contributed by atoms with van der Waals surface area (Å²) < 4.78 is 42.3. The normalized spacial score (nSPS) is 28.4. The lowest BCUT2D eigenvalue weighted by Crippen LogP contribution is -2.43. The summed E-state index contributed by atoms with van der Waals surface area (Å²) in [5.41, 5.74) is 4.89. The Hall–Kier alpha value is -2.37. The van der Waals surface area contributed by atoms with Crippen molar-refractivity contribution in [2.45, 2.75) is 76.0 Å². The number of Topliss-reactive ketones (excluding diaryl/α,β-unsaturated/α-hetero) is 1. The van der Waals surface area contributed by atoms with Crippen molar-refractivity contribution in [3.8, 4) is 0 Å². The van der Waals surface area contributed by atoms with Gasteiger partial charge in [0.1, 0.15) is 5.82 Å². The number of nitrogens with one attached hydrogen (secondary N) is 1. The van der Waals surface area contributed by atoms with Gasteiger partial charge in [0.25, 0.3) is 0 Å². The van der Waals surface area contributed by atoms with Crippen molar-refractivity contribution in [3.05, 3.63) is 63.2 Å². The van der Waals surface area contributed by atoms with Gasteiger partial charge < -0.3 is 0 Å². The zero-order valence-electron chi connectivity index (χ0n) is 17.7. The molecule has 6 heteroatoms. The number of carbonyl (C=O) groups excluding carboxylic acids is 1. The van der Waals surface area contributed by atoms with Crippen LogP contribution >= 0.6 is 0 Å². The lowest BCUT2D eigenvalue weighted by atomic mass is 9.57. The van der Waals surface area contributed by atoms with E-state index in [2.05, 4.69) is 24.0 Å². The molecule has 6 rings (SSSR count). The van der Waals surface area contributed by atoms with Crippen LogP contribution in [0.1, 0.15) is 79.9 Å². The van der Waals surface area contributed by atoms with Gasteiger partial charge in [-0.3, -0.25) is 9.89 Å². The maximum absolute atomic E-state index is 14.8. The SMILES string of the molecule is CC1(C)CC(=O)C2=C(Cc3[nH]nc(C4CC(F)(F)C4)c3C23CCc2c(F)cccc23)C1. The summed E-state index contributed by atoms with van der Waals surface area (Å²) in [5.74, 6) is -3.14. The Balaban J connectivity index is 1.62. The van der Waals surface area contributed by atoms with Crippen LogP contribution in [0.3, 0.4) is 0 Å². The zero-order valence-corrected chi connectivity index (χ0v) is 17.7. The first-order valence-corrected chi connectivity index (χ1v) is 11.1. The van der Waals surface area contributed by atoms with Crippen LogP contribution in [0.15, 0.2) is 29.3 Å². The van der Waals surface area contributed by atoms with Crippen molar-refractivity contribution in [1.82, 2.24) is 10.2 Å². The molecule has 4 aliphatic rings. The number of hydrogen-bond acceptors (Lipinski definition) is 2. The highest BCUT2D eigenvalue weighted by atomic mass is 19.3. The first-order valence-electron chi connectivity index (χ1n) is 11.1. The molecule has 3 nitrogen and oxygen atoms in total. The smallest absolute Gasteiger partial charge is 0.249 e. The Morgan fingerprint density at radius 1 is 1.16 bits per heavy atom. The van der Waals surface area contributed by atoms with Crippen LogP contribution in [-0.2, 0) is 23.1 Å². The topological polar surface area (TPSA) is 45.8 Å². The molecule has 2 aromatic rings. The van der Waals surface area contributed by atoms with Gasteiger partial charge in [0.15, 0.2) is 5.78 Å². The molecular formula is C25H25F3N2O. The number of rotatable bonds is 1. The number of nitrogens with zero attached hydrogens (tertiary/aromatic N) is 1. The molecule has 162 valence electrons. The van der Waals surface area contributed by atoms with Gasteiger partial charge in [-0.25, -0.2) is 13.2 Å². The number of hydrogen-bond donors (Lipinski definition) is 1. The Morgan fingerprint density at radius 3 is 2.68 bits per heavy atom. The molecule has 31 heavy (non-hydrogen) atoms. The second kappa shape index (κ2) is 5.90. The average Bonchev–Trinajstić information content (AvgIpc) is 3.22. The number of fused-ring (bicyclic) bond motifs is 5. The maximum Gasteiger partial charge on any atom is 0.249 e. The van der Waals surface area contributed by atoms with Crippen LogP contribution in [0.25, 0.3) is 0 Å². The third kappa shape index (κ3) is 2.53. The van der Waals surface area contributed by atoms with Gasteiger partial charge in [0, 0.05) is 48.4 Å². The molecule has 1 saturated carbocycles. The molecular weight excluding hydrogens is 401 g/mol. The summed E-state index contributed by atoms with van der Waals surface area (Å²) in [6.45, 7) is 4.21. The van der Waals surface area contributed by atoms with Crippen LogP contribution in [-0.4, -0.2) is 21.9 Å². The second-order valence-electron chi connectivity index (χ2n) is 10.7. The molecule has 1 atom stereocenters. The number of ketones is 1. The molecule has 1 spiro atoms. The average molecular weight is 426 g/mol. The number of benzene rings is 1. The Labute approximate surface area is 179 Å². The van der Waals surface area contributed by atoms with E-state index in [1.165, 1.54) is 6.07 Å². The molecule has 0 aliphatic heterocycles. The van der Waals surface area contributed by atoms with Crippen molar-refractivity contribution < 1.29 is 18.0 Å². The molecule has 0 saturated heterocycles. The second-order valence-corrected chi connectivity index (χ2v) is 10.7. The molecule has 4 aliphatic carbocycles. The van der Waals surface area contributed by atoms with E-state index >= 15 is 0 Å². The molecule has 0 amide bonds. The molecule has 1 aromatic carbocycles. The summed E-state index contributed by atoms with van der Waals surface area (Å²) in [4.78, 5) is 13.6. The predicted molar refractivity (Wildman–Crippen MR) is 110 cm³/mol. The highest BCUT2D eigenvalue weighted by Crippen LogP contribution is 2.60.